The third-order valence-corrected chi connectivity index (χ3v) is 5.26. The Morgan fingerprint density at radius 1 is 1.19 bits per heavy atom. The lowest BCUT2D eigenvalue weighted by atomic mass is 9.94. The number of aliphatic carboxylic acids is 1. The first-order chi connectivity index (χ1) is 10.2. The SMILES string of the molecule is O=C(O)[C@H]1CCC[C@H]1C(=O)N1CCN(c2nccs2)CC1. The predicted octanol–water partition coefficient (Wildman–Crippen LogP) is 1.29. The highest BCUT2D eigenvalue weighted by Crippen LogP contribution is 2.33. The number of hydrogen-bond acceptors (Lipinski definition) is 5. The second-order valence-corrected chi connectivity index (χ2v) is 6.48. The van der Waals surface area contributed by atoms with Crippen LogP contribution >= 0.6 is 11.3 Å². The molecular formula is C14H19N3O3S. The molecule has 1 saturated heterocycles. The maximum Gasteiger partial charge on any atom is 0.307 e. The van der Waals surface area contributed by atoms with Gasteiger partial charge in [0.25, 0.3) is 0 Å². The van der Waals surface area contributed by atoms with E-state index in [1.165, 1.54) is 0 Å². The summed E-state index contributed by atoms with van der Waals surface area (Å²) >= 11 is 1.60. The van der Waals surface area contributed by atoms with Gasteiger partial charge in [-0.05, 0) is 12.8 Å². The van der Waals surface area contributed by atoms with Gasteiger partial charge in [0.15, 0.2) is 5.13 Å². The van der Waals surface area contributed by atoms with Crippen LogP contribution in [0.5, 0.6) is 0 Å². The molecule has 3 rings (SSSR count). The van der Waals surface area contributed by atoms with Crippen LogP contribution in [0.4, 0.5) is 5.13 Å². The Morgan fingerprint density at radius 3 is 2.52 bits per heavy atom. The summed E-state index contributed by atoms with van der Waals surface area (Å²) in [7, 11) is 0. The number of amides is 1. The van der Waals surface area contributed by atoms with Crippen LogP contribution in [0.15, 0.2) is 11.6 Å². The minimum absolute atomic E-state index is 0.0266. The average molecular weight is 309 g/mol. The summed E-state index contributed by atoms with van der Waals surface area (Å²) in [4.78, 5) is 32.1. The number of piperazine rings is 1. The Bertz CT molecular complexity index is 512. The maximum absolute atomic E-state index is 12.5. The van der Waals surface area contributed by atoms with Gasteiger partial charge in [-0.2, -0.15) is 0 Å². The van der Waals surface area contributed by atoms with Crippen molar-refractivity contribution in [2.45, 2.75) is 19.3 Å². The number of carbonyl (C=O) groups is 2. The van der Waals surface area contributed by atoms with Crippen molar-refractivity contribution in [1.29, 1.82) is 0 Å². The van der Waals surface area contributed by atoms with E-state index in [9.17, 15) is 14.7 Å². The second-order valence-electron chi connectivity index (χ2n) is 5.61. The summed E-state index contributed by atoms with van der Waals surface area (Å²) in [6.07, 6.45) is 3.97. The Kier molecular flexibility index (Phi) is 4.10. The summed E-state index contributed by atoms with van der Waals surface area (Å²) in [5.41, 5.74) is 0. The highest BCUT2D eigenvalue weighted by Gasteiger charge is 2.40. The van der Waals surface area contributed by atoms with Gasteiger partial charge < -0.3 is 14.9 Å². The molecule has 1 saturated carbocycles. The van der Waals surface area contributed by atoms with Crippen molar-refractivity contribution >= 4 is 28.3 Å². The Balaban J connectivity index is 1.59. The van der Waals surface area contributed by atoms with E-state index in [1.54, 1.807) is 17.5 Å². The van der Waals surface area contributed by atoms with Crippen molar-refractivity contribution in [3.8, 4) is 0 Å². The number of carbonyl (C=O) groups excluding carboxylic acids is 1. The zero-order valence-corrected chi connectivity index (χ0v) is 12.6. The molecule has 0 radical (unpaired) electrons. The van der Waals surface area contributed by atoms with Crippen molar-refractivity contribution < 1.29 is 14.7 Å². The van der Waals surface area contributed by atoms with Crippen LogP contribution in [-0.4, -0.2) is 53.0 Å². The lowest BCUT2D eigenvalue weighted by Gasteiger charge is -2.36. The van der Waals surface area contributed by atoms with E-state index in [-0.39, 0.29) is 11.8 Å². The van der Waals surface area contributed by atoms with Crippen LogP contribution in [0.3, 0.4) is 0 Å². The number of anilines is 1. The molecule has 0 spiro atoms. The number of nitrogens with zero attached hydrogens (tertiary/aromatic N) is 3. The van der Waals surface area contributed by atoms with Crippen LogP contribution in [0.1, 0.15) is 19.3 Å². The molecule has 1 aromatic heterocycles. The van der Waals surface area contributed by atoms with Crippen LogP contribution < -0.4 is 4.90 Å². The quantitative estimate of drug-likeness (QED) is 0.911. The summed E-state index contributed by atoms with van der Waals surface area (Å²) in [5.74, 6) is -1.62. The number of carboxylic acids is 1. The minimum Gasteiger partial charge on any atom is -0.481 e. The molecule has 0 aromatic carbocycles. The van der Waals surface area contributed by atoms with Gasteiger partial charge in [0.1, 0.15) is 0 Å². The molecule has 0 unspecified atom stereocenters. The molecule has 114 valence electrons. The summed E-state index contributed by atoms with van der Waals surface area (Å²) in [5, 5.41) is 12.2. The monoisotopic (exact) mass is 309 g/mol. The second kappa shape index (κ2) is 6.01. The standard InChI is InChI=1S/C14H19N3O3S/c18-12(10-2-1-3-11(10)13(19)20)16-5-7-17(8-6-16)14-15-4-9-21-14/h4,9-11H,1-3,5-8H2,(H,19,20)/t10-,11+/m1/s1. The van der Waals surface area contributed by atoms with Gasteiger partial charge in [0, 0.05) is 37.8 Å². The zero-order chi connectivity index (χ0) is 14.8. The third kappa shape index (κ3) is 2.88. The molecule has 2 heterocycles. The number of rotatable bonds is 3. The van der Waals surface area contributed by atoms with Gasteiger partial charge in [-0.15, -0.1) is 11.3 Å². The molecule has 1 aliphatic heterocycles. The van der Waals surface area contributed by atoms with Crippen LogP contribution in [0.25, 0.3) is 0 Å². The van der Waals surface area contributed by atoms with E-state index >= 15 is 0 Å². The molecule has 1 aromatic rings. The van der Waals surface area contributed by atoms with E-state index in [0.717, 1.165) is 24.6 Å². The number of carboxylic acid groups (broad SMARTS) is 1. The topological polar surface area (TPSA) is 73.7 Å². The lowest BCUT2D eigenvalue weighted by Crippen LogP contribution is -2.51. The van der Waals surface area contributed by atoms with Gasteiger partial charge in [-0.1, -0.05) is 6.42 Å². The molecular weight excluding hydrogens is 290 g/mol. The van der Waals surface area contributed by atoms with Gasteiger partial charge in [0.05, 0.1) is 11.8 Å². The Morgan fingerprint density at radius 2 is 1.90 bits per heavy atom. The number of thiazole rings is 1. The van der Waals surface area contributed by atoms with Crippen molar-refractivity contribution in [3.05, 3.63) is 11.6 Å². The molecule has 0 bridgehead atoms. The van der Waals surface area contributed by atoms with Crippen molar-refractivity contribution in [1.82, 2.24) is 9.88 Å². The first-order valence-electron chi connectivity index (χ1n) is 7.33. The Hall–Kier alpha value is -1.63. The summed E-state index contributed by atoms with van der Waals surface area (Å²) in [6, 6.07) is 0. The van der Waals surface area contributed by atoms with Crippen molar-refractivity contribution in [3.63, 3.8) is 0 Å². The van der Waals surface area contributed by atoms with E-state index in [1.807, 2.05) is 10.3 Å². The molecule has 1 amide bonds. The van der Waals surface area contributed by atoms with Crippen LogP contribution in [0, 0.1) is 11.8 Å². The first-order valence-corrected chi connectivity index (χ1v) is 8.21. The molecule has 2 atom stereocenters. The molecule has 1 N–H and O–H groups in total. The molecule has 7 heteroatoms. The maximum atomic E-state index is 12.5. The normalized spacial score (nSPS) is 26.1. The average Bonchev–Trinajstić information content (AvgIpc) is 3.18. The van der Waals surface area contributed by atoms with Crippen molar-refractivity contribution in [2.24, 2.45) is 11.8 Å². The van der Waals surface area contributed by atoms with Gasteiger partial charge in [-0.25, -0.2) is 4.98 Å². The molecule has 2 aliphatic rings. The highest BCUT2D eigenvalue weighted by atomic mass is 32.1. The van der Waals surface area contributed by atoms with Crippen LogP contribution in [0.2, 0.25) is 0 Å². The smallest absolute Gasteiger partial charge is 0.307 e. The van der Waals surface area contributed by atoms with E-state index in [2.05, 4.69) is 9.88 Å². The fourth-order valence-corrected chi connectivity index (χ4v) is 3.97. The summed E-state index contributed by atoms with van der Waals surface area (Å²) < 4.78 is 0. The zero-order valence-electron chi connectivity index (χ0n) is 11.8. The highest BCUT2D eigenvalue weighted by molar-refractivity contribution is 7.13. The van der Waals surface area contributed by atoms with Crippen LogP contribution in [-0.2, 0) is 9.59 Å². The molecule has 2 fully saturated rings. The number of hydrogen-bond donors (Lipinski definition) is 1. The fraction of sp³-hybridized carbons (Fsp3) is 0.643. The van der Waals surface area contributed by atoms with E-state index in [4.69, 9.17) is 0 Å². The predicted molar refractivity (Wildman–Crippen MR) is 79.4 cm³/mol. The van der Waals surface area contributed by atoms with Crippen molar-refractivity contribution in [2.75, 3.05) is 31.1 Å². The van der Waals surface area contributed by atoms with E-state index in [0.29, 0.717) is 25.9 Å². The molecule has 1 aliphatic carbocycles. The summed E-state index contributed by atoms with van der Waals surface area (Å²) in [6.45, 7) is 2.84. The Labute approximate surface area is 127 Å². The lowest BCUT2D eigenvalue weighted by molar-refractivity contribution is -0.149. The minimum atomic E-state index is -0.827. The largest absolute Gasteiger partial charge is 0.481 e. The first kappa shape index (κ1) is 14.3. The van der Waals surface area contributed by atoms with E-state index < -0.39 is 11.9 Å². The molecule has 6 nitrogen and oxygen atoms in total. The third-order valence-electron chi connectivity index (χ3n) is 4.43. The number of aromatic nitrogens is 1. The fourth-order valence-electron chi connectivity index (χ4n) is 3.28. The molecule has 21 heavy (non-hydrogen) atoms. The van der Waals surface area contributed by atoms with Gasteiger partial charge in [0.2, 0.25) is 5.91 Å². The van der Waals surface area contributed by atoms with Gasteiger partial charge in [-0.3, -0.25) is 9.59 Å². The van der Waals surface area contributed by atoms with Gasteiger partial charge >= 0.3 is 5.97 Å².